The summed E-state index contributed by atoms with van der Waals surface area (Å²) in [5.41, 5.74) is -1.10. The monoisotopic (exact) mass is 223 g/mol. The average Bonchev–Trinajstić information content (AvgIpc) is 2.88. The van der Waals surface area contributed by atoms with Crippen LogP contribution in [0.2, 0.25) is 0 Å². The van der Waals surface area contributed by atoms with Gasteiger partial charge in [-0.3, -0.25) is 4.90 Å². The lowest BCUT2D eigenvalue weighted by molar-refractivity contribution is -0.145. The lowest BCUT2D eigenvalue weighted by Gasteiger charge is -2.23. The number of β-amino-alcohol motifs (C(OH)–C–C–N with tert-alkyl or cyclic N) is 1. The summed E-state index contributed by atoms with van der Waals surface area (Å²) in [5, 5.41) is 9.96. The van der Waals surface area contributed by atoms with Crippen molar-refractivity contribution in [2.24, 2.45) is 0 Å². The summed E-state index contributed by atoms with van der Waals surface area (Å²) in [6.07, 6.45) is -2.42. The first-order chi connectivity index (χ1) is 6.88. The van der Waals surface area contributed by atoms with Crippen LogP contribution in [0.25, 0.3) is 0 Å². The third-order valence-electron chi connectivity index (χ3n) is 3.30. The van der Waals surface area contributed by atoms with Crippen molar-refractivity contribution in [3.05, 3.63) is 0 Å². The molecule has 0 aromatic heterocycles. The predicted octanol–water partition coefficient (Wildman–Crippen LogP) is 1.93. The molecule has 1 N–H and O–H groups in total. The molecule has 1 aliphatic carbocycles. The van der Waals surface area contributed by atoms with Crippen molar-refractivity contribution in [2.75, 3.05) is 13.1 Å². The summed E-state index contributed by atoms with van der Waals surface area (Å²) in [4.78, 5) is 2.12. The minimum atomic E-state index is -4.15. The lowest BCUT2D eigenvalue weighted by Crippen LogP contribution is -2.35. The van der Waals surface area contributed by atoms with Crippen LogP contribution in [-0.2, 0) is 0 Å². The Kier molecular flexibility index (Phi) is 2.71. The number of nitrogens with zero attached hydrogens (tertiary/aromatic N) is 1. The van der Waals surface area contributed by atoms with Crippen LogP contribution >= 0.6 is 0 Å². The van der Waals surface area contributed by atoms with Gasteiger partial charge in [0.15, 0.2) is 0 Å². The summed E-state index contributed by atoms with van der Waals surface area (Å²) in [6.45, 7) is 1.17. The molecule has 1 atom stereocenters. The number of rotatable bonds is 3. The molecule has 1 aliphatic heterocycles. The van der Waals surface area contributed by atoms with Gasteiger partial charge in [0.1, 0.15) is 0 Å². The Labute approximate surface area is 87.1 Å². The van der Waals surface area contributed by atoms with Crippen molar-refractivity contribution in [2.45, 2.75) is 49.9 Å². The molecule has 1 saturated heterocycles. The molecule has 1 heterocycles. The van der Waals surface area contributed by atoms with Gasteiger partial charge >= 0.3 is 6.18 Å². The molecule has 2 nitrogen and oxygen atoms in total. The van der Waals surface area contributed by atoms with Gasteiger partial charge in [0, 0.05) is 25.6 Å². The van der Waals surface area contributed by atoms with E-state index >= 15 is 0 Å². The normalized spacial score (nSPS) is 33.6. The average molecular weight is 223 g/mol. The highest BCUT2D eigenvalue weighted by molar-refractivity contribution is 4.96. The zero-order valence-corrected chi connectivity index (χ0v) is 8.56. The fraction of sp³-hybridized carbons (Fsp3) is 1.00. The molecular formula is C10H16F3NO. The second-order valence-electron chi connectivity index (χ2n) is 4.79. The Morgan fingerprint density at radius 2 is 2.00 bits per heavy atom. The molecule has 0 aromatic carbocycles. The Hall–Kier alpha value is -0.290. The predicted molar refractivity (Wildman–Crippen MR) is 49.5 cm³/mol. The highest BCUT2D eigenvalue weighted by atomic mass is 19.4. The van der Waals surface area contributed by atoms with Crippen LogP contribution < -0.4 is 0 Å². The van der Waals surface area contributed by atoms with Gasteiger partial charge in [-0.1, -0.05) is 0 Å². The minimum Gasteiger partial charge on any atom is -0.388 e. The van der Waals surface area contributed by atoms with E-state index in [-0.39, 0.29) is 6.42 Å². The van der Waals surface area contributed by atoms with E-state index in [4.69, 9.17) is 0 Å². The first kappa shape index (κ1) is 11.2. The molecule has 1 saturated carbocycles. The summed E-state index contributed by atoms with van der Waals surface area (Å²) in [7, 11) is 0. The zero-order chi connectivity index (χ0) is 11.1. The van der Waals surface area contributed by atoms with Gasteiger partial charge in [0.05, 0.1) is 5.60 Å². The summed E-state index contributed by atoms with van der Waals surface area (Å²) in [5.74, 6) is 0. The minimum absolute atomic E-state index is 0.153. The first-order valence-corrected chi connectivity index (χ1v) is 5.41. The number of alkyl halides is 3. The van der Waals surface area contributed by atoms with Gasteiger partial charge in [-0.15, -0.1) is 0 Å². The Morgan fingerprint density at radius 1 is 1.33 bits per heavy atom. The van der Waals surface area contributed by atoms with Crippen LogP contribution in [0.3, 0.4) is 0 Å². The largest absolute Gasteiger partial charge is 0.389 e. The molecule has 5 heteroatoms. The molecule has 0 aromatic rings. The number of hydrogen-bond donors (Lipinski definition) is 1. The van der Waals surface area contributed by atoms with Crippen LogP contribution in [0.5, 0.6) is 0 Å². The topological polar surface area (TPSA) is 23.5 Å². The maximum absolute atomic E-state index is 12.0. The molecular weight excluding hydrogens is 207 g/mol. The first-order valence-electron chi connectivity index (χ1n) is 5.41. The number of hydrogen-bond acceptors (Lipinski definition) is 2. The second-order valence-corrected chi connectivity index (χ2v) is 4.79. The van der Waals surface area contributed by atoms with Gasteiger partial charge < -0.3 is 5.11 Å². The van der Waals surface area contributed by atoms with Crippen LogP contribution in [0, 0.1) is 0 Å². The van der Waals surface area contributed by atoms with E-state index < -0.39 is 18.2 Å². The highest BCUT2D eigenvalue weighted by Crippen LogP contribution is 2.36. The molecule has 2 aliphatic rings. The van der Waals surface area contributed by atoms with Crippen LogP contribution in [0.15, 0.2) is 0 Å². The molecule has 15 heavy (non-hydrogen) atoms. The van der Waals surface area contributed by atoms with E-state index in [2.05, 4.69) is 4.90 Å². The third-order valence-corrected chi connectivity index (χ3v) is 3.30. The van der Waals surface area contributed by atoms with Crippen molar-refractivity contribution in [1.82, 2.24) is 4.90 Å². The van der Waals surface area contributed by atoms with Crippen molar-refractivity contribution >= 4 is 0 Å². The van der Waals surface area contributed by atoms with E-state index in [1.54, 1.807) is 0 Å². The quantitative estimate of drug-likeness (QED) is 0.790. The Balaban J connectivity index is 1.80. The third kappa shape index (κ3) is 3.08. The van der Waals surface area contributed by atoms with E-state index in [1.807, 2.05) is 0 Å². The maximum atomic E-state index is 12.0. The van der Waals surface area contributed by atoms with Crippen LogP contribution in [-0.4, -0.2) is 40.9 Å². The van der Waals surface area contributed by atoms with Crippen molar-refractivity contribution in [3.63, 3.8) is 0 Å². The number of aliphatic hydroxyl groups is 1. The summed E-state index contributed by atoms with van der Waals surface area (Å²) in [6, 6.07) is 0.532. The van der Waals surface area contributed by atoms with Gasteiger partial charge in [-0.25, -0.2) is 0 Å². The van der Waals surface area contributed by atoms with E-state index in [0.29, 0.717) is 19.0 Å². The molecule has 88 valence electrons. The van der Waals surface area contributed by atoms with Gasteiger partial charge in [0.25, 0.3) is 0 Å². The fourth-order valence-electron chi connectivity index (χ4n) is 2.22. The molecule has 2 rings (SSSR count). The van der Waals surface area contributed by atoms with Crippen molar-refractivity contribution in [3.8, 4) is 0 Å². The summed E-state index contributed by atoms with van der Waals surface area (Å²) >= 11 is 0. The van der Waals surface area contributed by atoms with Crippen LogP contribution in [0.4, 0.5) is 13.2 Å². The van der Waals surface area contributed by atoms with E-state index in [1.165, 1.54) is 0 Å². The Bertz CT molecular complexity index is 239. The molecule has 2 fully saturated rings. The van der Waals surface area contributed by atoms with Gasteiger partial charge in [0.2, 0.25) is 0 Å². The number of halogens is 3. The van der Waals surface area contributed by atoms with Crippen molar-refractivity contribution in [1.29, 1.82) is 0 Å². The smallest absolute Gasteiger partial charge is 0.388 e. The summed E-state index contributed by atoms with van der Waals surface area (Å²) < 4.78 is 36.1. The molecule has 0 amide bonds. The molecule has 0 bridgehead atoms. The Morgan fingerprint density at radius 3 is 2.53 bits per heavy atom. The fourth-order valence-corrected chi connectivity index (χ4v) is 2.22. The van der Waals surface area contributed by atoms with E-state index in [9.17, 15) is 18.3 Å². The highest BCUT2D eigenvalue weighted by Gasteiger charge is 2.43. The molecule has 0 radical (unpaired) electrons. The molecule has 1 unspecified atom stereocenters. The van der Waals surface area contributed by atoms with Crippen molar-refractivity contribution < 1.29 is 18.3 Å². The maximum Gasteiger partial charge on any atom is 0.389 e. The van der Waals surface area contributed by atoms with Gasteiger partial charge in [-0.2, -0.15) is 13.2 Å². The van der Waals surface area contributed by atoms with Gasteiger partial charge in [-0.05, 0) is 25.7 Å². The standard InChI is InChI=1S/C10H16F3NO/c11-10(12,13)4-3-9(15)5-6-14(7-9)8-1-2-8/h8,15H,1-7H2. The zero-order valence-electron chi connectivity index (χ0n) is 8.56. The van der Waals surface area contributed by atoms with E-state index in [0.717, 1.165) is 19.4 Å². The number of likely N-dealkylation sites (tertiary alicyclic amines) is 1. The molecule has 0 spiro atoms. The van der Waals surface area contributed by atoms with Crippen LogP contribution in [0.1, 0.15) is 32.1 Å². The second kappa shape index (κ2) is 3.63. The lowest BCUT2D eigenvalue weighted by atomic mass is 9.97. The SMILES string of the molecule is OC1(CCC(F)(F)F)CCN(C2CC2)C1.